The molecule has 0 aromatic carbocycles. The molecule has 14 heteroatoms. The molecule has 0 bridgehead atoms. The van der Waals surface area contributed by atoms with Crippen molar-refractivity contribution in [2.75, 3.05) is 65.6 Å². The van der Waals surface area contributed by atoms with Gasteiger partial charge in [-0.1, -0.05) is 13.2 Å². The first-order chi connectivity index (χ1) is 19.4. The van der Waals surface area contributed by atoms with Crippen LogP contribution in [-0.2, 0) is 45.6 Å². The normalized spacial score (nSPS) is 12.2. The second-order valence-corrected chi connectivity index (χ2v) is 13.9. The van der Waals surface area contributed by atoms with E-state index in [-0.39, 0.29) is 12.8 Å². The third-order valence-electron chi connectivity index (χ3n) is 4.89. The number of hydrogen-bond donors (Lipinski definition) is 2. The molecule has 0 aliphatic rings. The van der Waals surface area contributed by atoms with Crippen molar-refractivity contribution in [2.24, 2.45) is 0 Å². The van der Waals surface area contributed by atoms with Crippen molar-refractivity contribution < 1.29 is 50.7 Å². The Morgan fingerprint density at radius 3 is 1.49 bits per heavy atom. The largest absolute Gasteiger partial charge is 0.540 e. The molecular weight excluding hydrogens is 570 g/mol. The summed E-state index contributed by atoms with van der Waals surface area (Å²) < 4.78 is 43.9. The van der Waals surface area contributed by atoms with Crippen LogP contribution in [0.25, 0.3) is 0 Å². The van der Waals surface area contributed by atoms with E-state index in [4.69, 9.17) is 36.0 Å². The van der Waals surface area contributed by atoms with Gasteiger partial charge in [0.1, 0.15) is 12.7 Å². The maximum atomic E-state index is 11.3. The molecule has 0 aromatic rings. The number of aliphatic hydroxyl groups excluding tert-OH is 1. The summed E-state index contributed by atoms with van der Waals surface area (Å²) in [6.07, 6.45) is 0.0830. The van der Waals surface area contributed by atoms with Crippen molar-refractivity contribution in [3.05, 3.63) is 24.3 Å². The molecule has 0 radical (unpaired) electrons. The van der Waals surface area contributed by atoms with Crippen molar-refractivity contribution >= 4 is 29.5 Å². The van der Waals surface area contributed by atoms with Crippen molar-refractivity contribution in [2.45, 2.75) is 74.0 Å². The molecular formula is C27H55NO11Si2. The molecule has 1 unspecified atom stereocenters. The minimum absolute atomic E-state index is 0.0220. The van der Waals surface area contributed by atoms with Gasteiger partial charge in [-0.15, -0.1) is 0 Å². The van der Waals surface area contributed by atoms with Gasteiger partial charge < -0.3 is 46.5 Å². The van der Waals surface area contributed by atoms with Crippen LogP contribution in [0, 0.1) is 0 Å². The van der Waals surface area contributed by atoms with Gasteiger partial charge in [-0.3, -0.25) is 0 Å². The Bertz CT molecular complexity index is 706. The lowest BCUT2D eigenvalue weighted by Crippen LogP contribution is -2.51. The molecule has 12 nitrogen and oxygen atoms in total. The quantitative estimate of drug-likeness (QED) is 0.0705. The summed E-state index contributed by atoms with van der Waals surface area (Å²) in [6.45, 7) is 25.5. The van der Waals surface area contributed by atoms with Crippen LogP contribution in [0.4, 0.5) is 0 Å². The van der Waals surface area contributed by atoms with Crippen LogP contribution < -0.4 is 5.32 Å². The van der Waals surface area contributed by atoms with Crippen molar-refractivity contribution in [3.8, 4) is 0 Å². The van der Waals surface area contributed by atoms with Gasteiger partial charge in [0, 0.05) is 63.4 Å². The van der Waals surface area contributed by atoms with E-state index in [0.29, 0.717) is 63.9 Å². The molecule has 0 saturated heterocycles. The van der Waals surface area contributed by atoms with Crippen LogP contribution >= 0.6 is 0 Å². The third-order valence-corrected chi connectivity index (χ3v) is 10.7. The minimum atomic E-state index is -2.89. The fraction of sp³-hybridized carbons (Fsp3) is 0.778. The highest BCUT2D eigenvalue weighted by molar-refractivity contribution is 6.61. The van der Waals surface area contributed by atoms with Gasteiger partial charge in [-0.05, 0) is 68.4 Å². The number of rotatable bonds is 24. The lowest BCUT2D eigenvalue weighted by atomic mass is 10.3. The van der Waals surface area contributed by atoms with E-state index in [0.717, 1.165) is 12.5 Å². The smallest absolute Gasteiger partial charge is 0.460 e. The van der Waals surface area contributed by atoms with E-state index in [9.17, 15) is 14.7 Å². The van der Waals surface area contributed by atoms with Gasteiger partial charge in [0.2, 0.25) is 0 Å². The number of ether oxygens (including phenoxy) is 2. The average molecular weight is 626 g/mol. The lowest BCUT2D eigenvalue weighted by molar-refractivity contribution is -0.141. The lowest BCUT2D eigenvalue weighted by Gasteiger charge is -2.28. The fourth-order valence-corrected chi connectivity index (χ4v) is 7.98. The number of nitrogens with one attached hydrogen (secondary N) is 1. The van der Waals surface area contributed by atoms with Gasteiger partial charge in [0.25, 0.3) is 0 Å². The molecule has 0 saturated carbocycles. The van der Waals surface area contributed by atoms with E-state index < -0.39 is 35.7 Å². The molecule has 0 rings (SSSR count). The van der Waals surface area contributed by atoms with Gasteiger partial charge >= 0.3 is 29.5 Å². The van der Waals surface area contributed by atoms with Crippen molar-refractivity contribution in [1.82, 2.24) is 5.32 Å². The van der Waals surface area contributed by atoms with E-state index in [1.807, 2.05) is 41.5 Å². The van der Waals surface area contributed by atoms with Crippen molar-refractivity contribution in [1.29, 1.82) is 0 Å². The van der Waals surface area contributed by atoms with Crippen LogP contribution in [0.2, 0.25) is 6.04 Å². The fourth-order valence-electron chi connectivity index (χ4n) is 3.24. The van der Waals surface area contributed by atoms with Crippen LogP contribution in [0.5, 0.6) is 0 Å². The molecule has 0 amide bonds. The Balaban J connectivity index is 0. The number of esters is 2. The topological polar surface area (TPSA) is 140 Å². The minimum Gasteiger partial charge on any atom is -0.460 e. The second-order valence-electron chi connectivity index (χ2n) is 8.66. The Morgan fingerprint density at radius 2 is 1.10 bits per heavy atom. The first-order valence-corrected chi connectivity index (χ1v) is 18.2. The zero-order chi connectivity index (χ0) is 31.7. The number of carbonyl (C=O) groups excluding carboxylic acids is 2. The molecule has 0 aromatic heterocycles. The Morgan fingerprint density at radius 1 is 0.707 bits per heavy atom. The zero-order valence-corrected chi connectivity index (χ0v) is 28.5. The molecule has 0 aliphatic carbocycles. The van der Waals surface area contributed by atoms with Crippen molar-refractivity contribution in [3.63, 3.8) is 0 Å². The zero-order valence-electron chi connectivity index (χ0n) is 26.5. The molecule has 0 fully saturated rings. The molecule has 2 N–H and O–H groups in total. The van der Waals surface area contributed by atoms with Gasteiger partial charge in [0.05, 0.1) is 0 Å². The van der Waals surface area contributed by atoms with E-state index >= 15 is 0 Å². The predicted octanol–water partition coefficient (Wildman–Crippen LogP) is 3.19. The van der Waals surface area contributed by atoms with Crippen LogP contribution in [0.15, 0.2) is 24.3 Å². The highest BCUT2D eigenvalue weighted by Gasteiger charge is 2.43. The summed E-state index contributed by atoms with van der Waals surface area (Å²) in [5.74, 6) is -0.948. The monoisotopic (exact) mass is 625 g/mol. The Labute approximate surface area is 249 Å². The molecule has 1 atom stereocenters. The highest BCUT2D eigenvalue weighted by atomic mass is 28.4. The standard InChI is InChI=1S/C16H33NO6Si.C11H22O5Si/c1-6-21-24(22-7-2,23-8-3)11-9-10-17-12-15(18)13-20-16(19)14(4)5;1-6-14-17(15-7-2,16-8-3)9-13-11(12)10(4)5/h15,17-18H,4,6-13H2,1-3,5H3;4,6-9H2,1-3,5H3. The van der Waals surface area contributed by atoms with E-state index in [2.05, 4.69) is 18.5 Å². The summed E-state index contributed by atoms with van der Waals surface area (Å²) in [5.41, 5.74) is 0.664. The first-order valence-electron chi connectivity index (χ1n) is 14.3. The molecule has 0 aliphatic heterocycles. The average Bonchev–Trinajstić information content (AvgIpc) is 2.91. The third kappa shape index (κ3) is 20.1. The maximum Gasteiger partial charge on any atom is 0.540 e. The van der Waals surface area contributed by atoms with Crippen LogP contribution in [0.1, 0.15) is 61.8 Å². The number of carbonyl (C=O) groups is 2. The first kappa shape index (κ1) is 41.7. The van der Waals surface area contributed by atoms with Gasteiger partial charge in [-0.25, -0.2) is 9.59 Å². The van der Waals surface area contributed by atoms with Gasteiger partial charge in [0.15, 0.2) is 6.23 Å². The molecule has 242 valence electrons. The van der Waals surface area contributed by atoms with Gasteiger partial charge in [-0.2, -0.15) is 0 Å². The predicted molar refractivity (Wildman–Crippen MR) is 161 cm³/mol. The van der Waals surface area contributed by atoms with Crippen LogP contribution in [-0.4, -0.2) is 106 Å². The van der Waals surface area contributed by atoms with E-state index in [1.54, 1.807) is 13.8 Å². The highest BCUT2D eigenvalue weighted by Crippen LogP contribution is 2.17. The Kier molecular flexibility index (Phi) is 25.5. The molecule has 0 spiro atoms. The Hall–Kier alpha value is -1.47. The summed E-state index contributed by atoms with van der Waals surface area (Å²) in [5, 5.41) is 12.9. The molecule has 41 heavy (non-hydrogen) atoms. The van der Waals surface area contributed by atoms with E-state index in [1.165, 1.54) is 0 Å². The summed E-state index contributed by atoms with van der Waals surface area (Å²) in [4.78, 5) is 22.6. The molecule has 0 heterocycles. The summed E-state index contributed by atoms with van der Waals surface area (Å²) in [7, 11) is -5.49. The SMILES string of the molecule is C=C(C)C(=O)OCC(O)CNCCC[Si](OCC)(OCC)OCC.C=C(C)C(=O)OC[Si](OCC)(OCC)OCC. The van der Waals surface area contributed by atoms with Crippen LogP contribution in [0.3, 0.4) is 0 Å². The maximum absolute atomic E-state index is 11.3. The summed E-state index contributed by atoms with van der Waals surface area (Å²) >= 11 is 0. The number of aliphatic hydroxyl groups is 1. The second kappa shape index (κ2) is 25.1. The summed E-state index contributed by atoms with van der Waals surface area (Å²) in [6, 6.07) is 0.719. The number of hydrogen-bond acceptors (Lipinski definition) is 12.